The Bertz CT molecular complexity index is 415. The number of nitrogen functional groups attached to an aromatic ring is 1. The molecule has 0 spiro atoms. The zero-order valence-electron chi connectivity index (χ0n) is 11.0. The topological polar surface area (TPSA) is 53.1 Å². The van der Waals surface area contributed by atoms with Crippen molar-refractivity contribution in [2.24, 2.45) is 0 Å². The lowest BCUT2D eigenvalue weighted by molar-refractivity contribution is 0.183. The molecule has 1 aromatic rings. The van der Waals surface area contributed by atoms with Crippen molar-refractivity contribution in [2.75, 3.05) is 19.5 Å². The van der Waals surface area contributed by atoms with E-state index in [0.29, 0.717) is 24.9 Å². The normalized spacial score (nSPS) is 12.7. The fraction of sp³-hybridized carbons (Fsp3) is 0.615. The highest BCUT2D eigenvalue weighted by Gasteiger charge is 2.20. The maximum Gasteiger partial charge on any atom is 0.128 e. The quantitative estimate of drug-likeness (QED) is 0.794. The van der Waals surface area contributed by atoms with Crippen LogP contribution >= 0.6 is 0 Å². The van der Waals surface area contributed by atoms with E-state index >= 15 is 0 Å². The number of imidazole rings is 1. The molecule has 0 aliphatic heterocycles. The number of anilines is 1. The van der Waals surface area contributed by atoms with Gasteiger partial charge in [-0.2, -0.15) is 0 Å². The molecule has 0 saturated heterocycles. The molecule has 4 heteroatoms. The zero-order chi connectivity index (χ0) is 13.0. The fourth-order valence-electron chi connectivity index (χ4n) is 1.89. The molecule has 1 atom stereocenters. The molecule has 0 bridgehead atoms. The van der Waals surface area contributed by atoms with Gasteiger partial charge in [0.15, 0.2) is 0 Å². The standard InChI is InChI=1S/C13H21N3O/c1-6-7-16-12(14)11(10(4)8-17-5)15-13(16)9(2)3/h1,9-10H,7-8,14H2,2-5H3. The first-order valence-corrected chi connectivity index (χ1v) is 5.81. The summed E-state index contributed by atoms with van der Waals surface area (Å²) in [5, 5.41) is 0. The summed E-state index contributed by atoms with van der Waals surface area (Å²) < 4.78 is 7.05. The number of methoxy groups -OCH3 is 1. The molecule has 0 fully saturated rings. The SMILES string of the molecule is C#CCn1c(C(C)C)nc(C(C)COC)c1N. The van der Waals surface area contributed by atoms with Gasteiger partial charge in [-0.1, -0.05) is 26.7 Å². The number of hydrogen-bond donors (Lipinski definition) is 1. The summed E-state index contributed by atoms with van der Waals surface area (Å²) in [5.41, 5.74) is 6.99. The van der Waals surface area contributed by atoms with E-state index in [1.807, 2.05) is 11.5 Å². The molecular formula is C13H21N3O. The molecule has 0 radical (unpaired) electrons. The predicted octanol–water partition coefficient (Wildman–Crippen LogP) is 1.97. The number of ether oxygens (including phenoxy) is 1. The third kappa shape index (κ3) is 2.80. The van der Waals surface area contributed by atoms with Gasteiger partial charge in [0.05, 0.1) is 18.8 Å². The van der Waals surface area contributed by atoms with Gasteiger partial charge in [0.1, 0.15) is 11.6 Å². The molecule has 0 amide bonds. The lowest BCUT2D eigenvalue weighted by atomic mass is 10.1. The molecule has 1 rings (SSSR count). The summed E-state index contributed by atoms with van der Waals surface area (Å²) >= 11 is 0. The second kappa shape index (κ2) is 5.74. The van der Waals surface area contributed by atoms with Gasteiger partial charge in [-0.05, 0) is 0 Å². The number of nitrogens with zero attached hydrogens (tertiary/aromatic N) is 2. The van der Waals surface area contributed by atoms with Crippen LogP contribution in [-0.4, -0.2) is 23.3 Å². The third-order valence-corrected chi connectivity index (χ3v) is 2.71. The van der Waals surface area contributed by atoms with Crippen molar-refractivity contribution < 1.29 is 4.74 Å². The van der Waals surface area contributed by atoms with Gasteiger partial charge in [-0.3, -0.25) is 0 Å². The van der Waals surface area contributed by atoms with E-state index in [9.17, 15) is 0 Å². The van der Waals surface area contributed by atoms with Gasteiger partial charge < -0.3 is 15.0 Å². The molecule has 1 aromatic heterocycles. The van der Waals surface area contributed by atoms with Crippen molar-refractivity contribution in [1.82, 2.24) is 9.55 Å². The Morgan fingerprint density at radius 3 is 2.59 bits per heavy atom. The van der Waals surface area contributed by atoms with Crippen LogP contribution in [0.5, 0.6) is 0 Å². The highest BCUT2D eigenvalue weighted by Crippen LogP contribution is 2.26. The van der Waals surface area contributed by atoms with Crippen LogP contribution in [0.2, 0.25) is 0 Å². The molecule has 2 N–H and O–H groups in total. The largest absolute Gasteiger partial charge is 0.384 e. The molecule has 94 valence electrons. The molecule has 0 aliphatic carbocycles. The monoisotopic (exact) mass is 235 g/mol. The first kappa shape index (κ1) is 13.6. The lowest BCUT2D eigenvalue weighted by Gasteiger charge is -2.09. The van der Waals surface area contributed by atoms with Crippen molar-refractivity contribution >= 4 is 5.82 Å². The highest BCUT2D eigenvalue weighted by atomic mass is 16.5. The van der Waals surface area contributed by atoms with Crippen molar-refractivity contribution in [1.29, 1.82) is 0 Å². The first-order valence-electron chi connectivity index (χ1n) is 5.81. The molecule has 1 unspecified atom stereocenters. The summed E-state index contributed by atoms with van der Waals surface area (Å²) in [7, 11) is 1.68. The van der Waals surface area contributed by atoms with Gasteiger partial charge in [0.25, 0.3) is 0 Å². The molecular weight excluding hydrogens is 214 g/mol. The lowest BCUT2D eigenvalue weighted by Crippen LogP contribution is -2.09. The van der Waals surface area contributed by atoms with Crippen LogP contribution in [0.1, 0.15) is 44.1 Å². The number of terminal acetylenes is 1. The van der Waals surface area contributed by atoms with E-state index in [1.54, 1.807) is 7.11 Å². The Hall–Kier alpha value is -1.47. The second-order valence-electron chi connectivity index (χ2n) is 4.54. The van der Waals surface area contributed by atoms with Crippen molar-refractivity contribution in [3.8, 4) is 12.3 Å². The van der Waals surface area contributed by atoms with E-state index in [1.165, 1.54) is 0 Å². The van der Waals surface area contributed by atoms with Gasteiger partial charge in [-0.15, -0.1) is 6.42 Å². The van der Waals surface area contributed by atoms with Crippen molar-refractivity contribution in [3.63, 3.8) is 0 Å². The Morgan fingerprint density at radius 2 is 2.12 bits per heavy atom. The minimum atomic E-state index is 0.177. The van der Waals surface area contributed by atoms with E-state index in [4.69, 9.17) is 16.9 Å². The number of rotatable bonds is 5. The van der Waals surface area contributed by atoms with E-state index in [0.717, 1.165) is 11.5 Å². The first-order chi connectivity index (χ1) is 8.02. The highest BCUT2D eigenvalue weighted by molar-refractivity contribution is 5.41. The van der Waals surface area contributed by atoms with E-state index < -0.39 is 0 Å². The van der Waals surface area contributed by atoms with Gasteiger partial charge in [0.2, 0.25) is 0 Å². The number of aromatic nitrogens is 2. The minimum Gasteiger partial charge on any atom is -0.384 e. The van der Waals surface area contributed by atoms with Crippen molar-refractivity contribution in [3.05, 3.63) is 11.5 Å². The summed E-state index contributed by atoms with van der Waals surface area (Å²) in [6.07, 6.45) is 5.36. The van der Waals surface area contributed by atoms with Crippen molar-refractivity contribution in [2.45, 2.75) is 39.2 Å². The molecule has 0 saturated carbocycles. The van der Waals surface area contributed by atoms with Gasteiger partial charge in [0, 0.05) is 18.9 Å². The maximum atomic E-state index is 6.11. The minimum absolute atomic E-state index is 0.177. The Balaban J connectivity index is 3.17. The second-order valence-corrected chi connectivity index (χ2v) is 4.54. The average molecular weight is 235 g/mol. The van der Waals surface area contributed by atoms with Crippen LogP contribution in [0, 0.1) is 12.3 Å². The van der Waals surface area contributed by atoms with Crippen LogP contribution < -0.4 is 5.73 Å². The van der Waals surface area contributed by atoms with Crippen LogP contribution in [0.4, 0.5) is 5.82 Å². The predicted molar refractivity (Wildman–Crippen MR) is 69.9 cm³/mol. The van der Waals surface area contributed by atoms with Crippen LogP contribution in [-0.2, 0) is 11.3 Å². The molecule has 0 aromatic carbocycles. The summed E-state index contributed by atoms with van der Waals surface area (Å²) in [6, 6.07) is 0. The summed E-state index contributed by atoms with van der Waals surface area (Å²) in [4.78, 5) is 4.61. The maximum absolute atomic E-state index is 6.11. The number of nitrogens with two attached hydrogens (primary N) is 1. The fourth-order valence-corrected chi connectivity index (χ4v) is 1.89. The Morgan fingerprint density at radius 1 is 1.47 bits per heavy atom. The van der Waals surface area contributed by atoms with Gasteiger partial charge in [-0.25, -0.2) is 4.98 Å². The molecule has 1 heterocycles. The molecule has 4 nitrogen and oxygen atoms in total. The smallest absolute Gasteiger partial charge is 0.128 e. The zero-order valence-corrected chi connectivity index (χ0v) is 11.0. The molecule has 17 heavy (non-hydrogen) atoms. The Kier molecular flexibility index (Phi) is 4.59. The van der Waals surface area contributed by atoms with E-state index in [-0.39, 0.29) is 5.92 Å². The van der Waals surface area contributed by atoms with E-state index in [2.05, 4.69) is 24.8 Å². The van der Waals surface area contributed by atoms with Crippen LogP contribution in [0.15, 0.2) is 0 Å². The van der Waals surface area contributed by atoms with Gasteiger partial charge >= 0.3 is 0 Å². The van der Waals surface area contributed by atoms with Crippen LogP contribution in [0.3, 0.4) is 0 Å². The summed E-state index contributed by atoms with van der Waals surface area (Å²) in [6.45, 7) is 7.28. The summed E-state index contributed by atoms with van der Waals surface area (Å²) in [5.74, 6) is 4.70. The van der Waals surface area contributed by atoms with Crippen LogP contribution in [0.25, 0.3) is 0 Å². The number of hydrogen-bond acceptors (Lipinski definition) is 3. The Labute approximate surface area is 103 Å². The molecule has 0 aliphatic rings. The third-order valence-electron chi connectivity index (χ3n) is 2.71. The average Bonchev–Trinajstić information content (AvgIpc) is 2.58.